The molecule has 0 bridgehead atoms. The lowest BCUT2D eigenvalue weighted by atomic mass is 9.98. The molecule has 0 amide bonds. The van der Waals surface area contributed by atoms with E-state index in [2.05, 4.69) is 69.4 Å². The summed E-state index contributed by atoms with van der Waals surface area (Å²) in [5, 5.41) is 0. The van der Waals surface area contributed by atoms with E-state index in [1.54, 1.807) is 0 Å². The van der Waals surface area contributed by atoms with Crippen LogP contribution in [0, 0.1) is 5.92 Å². The van der Waals surface area contributed by atoms with Crippen LogP contribution in [0.25, 0.3) is 0 Å². The minimum atomic E-state index is -0.278. The molecule has 0 radical (unpaired) electrons. The summed E-state index contributed by atoms with van der Waals surface area (Å²) in [6, 6.07) is 0. The molecule has 44 heavy (non-hydrogen) atoms. The van der Waals surface area contributed by atoms with Crippen LogP contribution in [0.1, 0.15) is 194 Å². The van der Waals surface area contributed by atoms with E-state index in [9.17, 15) is 0 Å². The van der Waals surface area contributed by atoms with Crippen LogP contribution in [0.4, 0.5) is 0 Å². The largest absolute Gasteiger partial charge is 0.344 e. The highest BCUT2D eigenvalue weighted by Crippen LogP contribution is 2.46. The summed E-state index contributed by atoms with van der Waals surface area (Å²) in [6.45, 7) is 6.84. The van der Waals surface area contributed by atoms with Crippen molar-refractivity contribution in [1.82, 2.24) is 0 Å². The average molecular weight is 611 g/mol. The molecule has 0 aromatic carbocycles. The van der Waals surface area contributed by atoms with Crippen LogP contribution in [0.3, 0.4) is 0 Å². The van der Waals surface area contributed by atoms with Crippen molar-refractivity contribution in [3.05, 3.63) is 48.6 Å². The Morgan fingerprint density at radius 1 is 0.455 bits per heavy atom. The van der Waals surface area contributed by atoms with E-state index in [0.717, 1.165) is 31.6 Å². The third-order valence-corrected chi connectivity index (χ3v) is 9.87. The minimum Gasteiger partial charge on any atom is -0.344 e. The quantitative estimate of drug-likeness (QED) is 0.0619. The summed E-state index contributed by atoms with van der Waals surface area (Å²) in [7, 11) is 0. The first-order valence-electron chi connectivity index (χ1n) is 19.7. The zero-order valence-corrected chi connectivity index (χ0v) is 29.8. The molecule has 2 aliphatic rings. The first-order chi connectivity index (χ1) is 21.7. The summed E-state index contributed by atoms with van der Waals surface area (Å²) >= 11 is 0. The third kappa shape index (κ3) is 18.8. The van der Waals surface area contributed by atoms with Crippen molar-refractivity contribution in [3.8, 4) is 0 Å². The Bertz CT molecular complexity index is 700. The van der Waals surface area contributed by atoms with E-state index in [4.69, 9.17) is 9.47 Å². The van der Waals surface area contributed by atoms with Crippen molar-refractivity contribution < 1.29 is 9.47 Å². The molecule has 0 N–H and O–H groups in total. The number of rotatable bonds is 29. The molecule has 1 unspecified atom stereocenters. The number of allylic oxidation sites excluding steroid dienone is 8. The van der Waals surface area contributed by atoms with Crippen LogP contribution >= 0.6 is 0 Å². The van der Waals surface area contributed by atoms with Gasteiger partial charge in [0, 0.05) is 12.8 Å². The van der Waals surface area contributed by atoms with Crippen molar-refractivity contribution in [3.63, 3.8) is 0 Å². The van der Waals surface area contributed by atoms with Crippen molar-refractivity contribution in [2.45, 2.75) is 212 Å². The zero-order valence-electron chi connectivity index (χ0n) is 29.8. The highest BCUT2D eigenvalue weighted by molar-refractivity contribution is 4.95. The highest BCUT2D eigenvalue weighted by atomic mass is 16.8. The van der Waals surface area contributed by atoms with E-state index in [1.807, 2.05) is 0 Å². The molecule has 3 atom stereocenters. The van der Waals surface area contributed by atoms with Crippen LogP contribution in [0.15, 0.2) is 48.6 Å². The first kappa shape index (κ1) is 39.1. The number of fused-ring (bicyclic) bond motifs is 1. The van der Waals surface area contributed by atoms with Gasteiger partial charge in [-0.2, -0.15) is 0 Å². The Labute approximate surface area is 275 Å². The van der Waals surface area contributed by atoms with Crippen molar-refractivity contribution in [2.75, 3.05) is 0 Å². The van der Waals surface area contributed by atoms with E-state index in [1.165, 1.54) is 148 Å². The molecule has 2 nitrogen and oxygen atoms in total. The van der Waals surface area contributed by atoms with Gasteiger partial charge in [-0.05, 0) is 83.0 Å². The third-order valence-electron chi connectivity index (χ3n) is 9.87. The van der Waals surface area contributed by atoms with Gasteiger partial charge in [0.15, 0.2) is 5.79 Å². The summed E-state index contributed by atoms with van der Waals surface area (Å²) in [5.74, 6) is 0.525. The number of hydrogen-bond donors (Lipinski definition) is 0. The predicted molar refractivity (Wildman–Crippen MR) is 194 cm³/mol. The lowest BCUT2D eigenvalue weighted by Crippen LogP contribution is -2.32. The topological polar surface area (TPSA) is 18.5 Å². The minimum absolute atomic E-state index is 0.278. The summed E-state index contributed by atoms with van der Waals surface area (Å²) in [5.41, 5.74) is 0. The van der Waals surface area contributed by atoms with E-state index < -0.39 is 0 Å². The number of ether oxygens (including phenoxy) is 2. The van der Waals surface area contributed by atoms with Gasteiger partial charge in [0.1, 0.15) is 0 Å². The van der Waals surface area contributed by atoms with Crippen LogP contribution in [0.5, 0.6) is 0 Å². The Morgan fingerprint density at radius 2 is 0.818 bits per heavy atom. The lowest BCUT2D eigenvalue weighted by Gasteiger charge is -2.30. The molecule has 1 aliphatic carbocycles. The molecule has 0 aromatic rings. The molecule has 2 heteroatoms. The van der Waals surface area contributed by atoms with Crippen molar-refractivity contribution in [2.24, 2.45) is 5.92 Å². The highest BCUT2D eigenvalue weighted by Gasteiger charge is 2.50. The van der Waals surface area contributed by atoms with Crippen LogP contribution in [0.2, 0.25) is 0 Å². The maximum Gasteiger partial charge on any atom is 0.169 e. The summed E-state index contributed by atoms with van der Waals surface area (Å²) in [4.78, 5) is 0. The molecule has 1 saturated carbocycles. The fourth-order valence-electron chi connectivity index (χ4n) is 6.96. The van der Waals surface area contributed by atoms with Crippen LogP contribution in [-0.2, 0) is 9.47 Å². The van der Waals surface area contributed by atoms with Crippen LogP contribution < -0.4 is 0 Å². The van der Waals surface area contributed by atoms with Crippen molar-refractivity contribution >= 4 is 0 Å². The number of hydrogen-bond acceptors (Lipinski definition) is 2. The molecule has 0 aromatic heterocycles. The molecule has 2 fully saturated rings. The molecular weight excluding hydrogens is 536 g/mol. The molecular formula is C42H74O2. The smallest absolute Gasteiger partial charge is 0.169 e. The molecule has 1 aliphatic heterocycles. The second-order valence-corrected chi connectivity index (χ2v) is 13.9. The maximum atomic E-state index is 6.80. The van der Waals surface area contributed by atoms with Gasteiger partial charge in [-0.15, -0.1) is 0 Å². The van der Waals surface area contributed by atoms with Gasteiger partial charge in [-0.1, -0.05) is 153 Å². The molecule has 254 valence electrons. The average Bonchev–Trinajstić information content (AvgIpc) is 3.57. The zero-order chi connectivity index (χ0) is 31.4. The number of unbranched alkanes of at least 4 members (excludes halogenated alkanes) is 16. The van der Waals surface area contributed by atoms with Gasteiger partial charge < -0.3 is 9.47 Å². The van der Waals surface area contributed by atoms with Crippen molar-refractivity contribution in [1.29, 1.82) is 0 Å². The molecule has 2 rings (SSSR count). The van der Waals surface area contributed by atoms with E-state index in [0.29, 0.717) is 12.2 Å². The fraction of sp³-hybridized carbons (Fsp3) is 0.810. The van der Waals surface area contributed by atoms with Gasteiger partial charge in [0.2, 0.25) is 0 Å². The summed E-state index contributed by atoms with van der Waals surface area (Å²) in [6.07, 6.45) is 53.8. The van der Waals surface area contributed by atoms with E-state index >= 15 is 0 Å². The molecule has 1 saturated heterocycles. The fourth-order valence-corrected chi connectivity index (χ4v) is 6.96. The monoisotopic (exact) mass is 611 g/mol. The first-order valence-corrected chi connectivity index (χ1v) is 19.7. The van der Waals surface area contributed by atoms with E-state index in [-0.39, 0.29) is 5.79 Å². The molecule has 0 spiro atoms. The molecule has 1 heterocycles. The Morgan fingerprint density at radius 3 is 1.20 bits per heavy atom. The second-order valence-electron chi connectivity index (χ2n) is 13.9. The standard InChI is InChI=1S/C42H74O2/c1-4-7-9-11-13-15-17-19-21-23-25-27-29-31-33-35-42(43-40-37-39(6-3)38-41(40)44-42)36-34-32-30-28-26-24-22-20-18-16-14-12-10-8-5-2/h11-14,17-20,39-41H,4-10,15-16,21-38H2,1-3H3/b13-11-,14-12-,19-17-,20-18-/t39?,40-,41+. The maximum absolute atomic E-state index is 6.80. The Kier molecular flexibility index (Phi) is 24.0. The summed E-state index contributed by atoms with van der Waals surface area (Å²) < 4.78 is 13.6. The van der Waals surface area contributed by atoms with Gasteiger partial charge in [-0.25, -0.2) is 0 Å². The SMILES string of the molecule is CCCC/C=C\C/C=C\CCCCCCCCC1(CCCCCCCC/C=C\C/C=C\CCCC)O[C@H]2CC(CC)C[C@H]2O1. The van der Waals surface area contributed by atoms with Gasteiger partial charge in [0.25, 0.3) is 0 Å². The normalized spacial score (nSPS) is 21.7. The predicted octanol–water partition coefficient (Wildman–Crippen LogP) is 13.9. The second kappa shape index (κ2) is 27.0. The lowest BCUT2D eigenvalue weighted by molar-refractivity contribution is -0.192. The van der Waals surface area contributed by atoms with Gasteiger partial charge >= 0.3 is 0 Å². The van der Waals surface area contributed by atoms with Gasteiger partial charge in [0.05, 0.1) is 12.2 Å². The Hall–Kier alpha value is -1.12. The Balaban J connectivity index is 1.54. The van der Waals surface area contributed by atoms with Gasteiger partial charge in [-0.3, -0.25) is 0 Å². The van der Waals surface area contributed by atoms with Crippen LogP contribution in [-0.4, -0.2) is 18.0 Å².